The van der Waals surface area contributed by atoms with Crippen molar-refractivity contribution in [2.24, 2.45) is 0 Å². The quantitative estimate of drug-likeness (QED) is 0.683. The average molecular weight is 445 g/mol. The second-order valence-corrected chi connectivity index (χ2v) is 7.03. The lowest BCUT2D eigenvalue weighted by molar-refractivity contribution is -0.141. The fourth-order valence-electron chi connectivity index (χ4n) is 3.10. The zero-order valence-corrected chi connectivity index (χ0v) is 16.7. The minimum Gasteiger partial charge on any atom is -0.435 e. The van der Waals surface area contributed by atoms with Gasteiger partial charge in [0.15, 0.2) is 5.69 Å². The number of halogens is 5. The SMILES string of the molecule is CN(C)c1cc(C(F)(F)F)nc(NC2CCCN(c3ccc(OC(F)F)cc3)C2=O)n1. The van der Waals surface area contributed by atoms with Crippen LogP contribution < -0.4 is 19.9 Å². The van der Waals surface area contributed by atoms with Gasteiger partial charge < -0.3 is 19.9 Å². The molecule has 0 spiro atoms. The Hall–Kier alpha value is -3.18. The number of nitrogens with zero attached hydrogens (tertiary/aromatic N) is 4. The van der Waals surface area contributed by atoms with Gasteiger partial charge in [0.2, 0.25) is 11.9 Å². The molecule has 0 saturated carbocycles. The number of hydrogen-bond acceptors (Lipinski definition) is 6. The van der Waals surface area contributed by atoms with E-state index in [2.05, 4.69) is 20.0 Å². The predicted molar refractivity (Wildman–Crippen MR) is 103 cm³/mol. The second-order valence-electron chi connectivity index (χ2n) is 7.03. The molecule has 1 saturated heterocycles. The zero-order valence-electron chi connectivity index (χ0n) is 16.7. The summed E-state index contributed by atoms with van der Waals surface area (Å²) in [6.07, 6.45) is -3.73. The van der Waals surface area contributed by atoms with Gasteiger partial charge in [-0.15, -0.1) is 0 Å². The molecular weight excluding hydrogens is 425 g/mol. The molecule has 1 fully saturated rings. The first-order valence-corrected chi connectivity index (χ1v) is 9.31. The van der Waals surface area contributed by atoms with Crippen molar-refractivity contribution in [1.82, 2.24) is 9.97 Å². The highest BCUT2D eigenvalue weighted by Gasteiger charge is 2.35. The third-order valence-electron chi connectivity index (χ3n) is 4.58. The van der Waals surface area contributed by atoms with Crippen molar-refractivity contribution < 1.29 is 31.5 Å². The van der Waals surface area contributed by atoms with Crippen molar-refractivity contribution in [2.45, 2.75) is 31.7 Å². The molecule has 0 bridgehead atoms. The Bertz CT molecular complexity index is 921. The smallest absolute Gasteiger partial charge is 0.433 e. The molecule has 3 rings (SSSR count). The maximum atomic E-state index is 13.2. The van der Waals surface area contributed by atoms with Crippen LogP contribution in [-0.4, -0.2) is 49.2 Å². The molecule has 1 aromatic carbocycles. The van der Waals surface area contributed by atoms with Crippen molar-refractivity contribution in [3.05, 3.63) is 36.0 Å². The van der Waals surface area contributed by atoms with E-state index in [1.807, 2.05) is 0 Å². The van der Waals surface area contributed by atoms with Crippen LogP contribution in [0.2, 0.25) is 0 Å². The van der Waals surface area contributed by atoms with E-state index in [4.69, 9.17) is 0 Å². The lowest BCUT2D eigenvalue weighted by atomic mass is 10.0. The molecule has 1 aliphatic heterocycles. The lowest BCUT2D eigenvalue weighted by Gasteiger charge is -2.33. The number of anilines is 3. The van der Waals surface area contributed by atoms with Gasteiger partial charge in [-0.2, -0.15) is 26.9 Å². The van der Waals surface area contributed by atoms with Gasteiger partial charge in [-0.3, -0.25) is 4.79 Å². The van der Waals surface area contributed by atoms with Crippen LogP contribution in [0.25, 0.3) is 0 Å². The van der Waals surface area contributed by atoms with Crippen LogP contribution >= 0.6 is 0 Å². The molecule has 1 N–H and O–H groups in total. The van der Waals surface area contributed by atoms with Gasteiger partial charge in [-0.25, -0.2) is 4.98 Å². The molecule has 1 aromatic heterocycles. The van der Waals surface area contributed by atoms with E-state index in [0.29, 0.717) is 25.1 Å². The third kappa shape index (κ3) is 5.50. The Morgan fingerprint density at radius 3 is 2.45 bits per heavy atom. The topological polar surface area (TPSA) is 70.6 Å². The molecular formula is C19H20F5N5O2. The molecule has 0 radical (unpaired) electrons. The third-order valence-corrected chi connectivity index (χ3v) is 4.58. The van der Waals surface area contributed by atoms with E-state index in [-0.39, 0.29) is 23.4 Å². The first-order valence-electron chi connectivity index (χ1n) is 9.31. The standard InChI is InChI=1S/C19H20F5N5O2/c1-28(2)15-10-14(19(22,23)24)26-18(27-15)25-13-4-3-9-29(16(13)30)11-5-7-12(8-6-11)31-17(20)21/h5-8,10,13,17H,3-4,9H2,1-2H3,(H,25,26,27). The number of nitrogens with one attached hydrogen (secondary N) is 1. The first kappa shape index (κ1) is 22.5. The summed E-state index contributed by atoms with van der Waals surface area (Å²) in [5.74, 6) is -0.702. The number of ether oxygens (including phenoxy) is 1. The van der Waals surface area contributed by atoms with Gasteiger partial charge in [0.25, 0.3) is 0 Å². The van der Waals surface area contributed by atoms with Gasteiger partial charge in [-0.1, -0.05) is 0 Å². The van der Waals surface area contributed by atoms with Gasteiger partial charge >= 0.3 is 12.8 Å². The summed E-state index contributed by atoms with van der Waals surface area (Å²) in [5.41, 5.74) is -0.666. The summed E-state index contributed by atoms with van der Waals surface area (Å²) in [6.45, 7) is -2.59. The molecule has 168 valence electrons. The molecule has 1 unspecified atom stereocenters. The van der Waals surface area contributed by atoms with Crippen molar-refractivity contribution >= 4 is 23.4 Å². The molecule has 1 atom stereocenters. The Balaban J connectivity index is 1.80. The van der Waals surface area contributed by atoms with E-state index in [0.717, 1.165) is 6.07 Å². The summed E-state index contributed by atoms with van der Waals surface area (Å²) in [7, 11) is 3.09. The molecule has 12 heteroatoms. The number of carbonyl (C=O) groups excluding carboxylic acids is 1. The zero-order chi connectivity index (χ0) is 22.8. The predicted octanol–water partition coefficient (Wildman–Crippen LogP) is 3.77. The fourth-order valence-corrected chi connectivity index (χ4v) is 3.10. The van der Waals surface area contributed by atoms with Crippen LogP contribution in [0.5, 0.6) is 5.75 Å². The number of hydrogen-bond donors (Lipinski definition) is 1. The molecule has 1 aliphatic rings. The highest BCUT2D eigenvalue weighted by Crippen LogP contribution is 2.31. The monoisotopic (exact) mass is 445 g/mol. The van der Waals surface area contributed by atoms with Crippen LogP contribution in [0.3, 0.4) is 0 Å². The minimum absolute atomic E-state index is 0.0413. The summed E-state index contributed by atoms with van der Waals surface area (Å²) in [6, 6.07) is 5.52. The maximum absolute atomic E-state index is 13.2. The summed E-state index contributed by atoms with van der Waals surface area (Å²) in [5, 5.41) is 2.71. The Morgan fingerprint density at radius 2 is 1.87 bits per heavy atom. The maximum Gasteiger partial charge on any atom is 0.433 e. The molecule has 1 amide bonds. The number of piperidine rings is 1. The van der Waals surface area contributed by atoms with Crippen molar-refractivity contribution in [2.75, 3.05) is 35.8 Å². The molecule has 2 heterocycles. The van der Waals surface area contributed by atoms with Crippen LogP contribution in [0.15, 0.2) is 30.3 Å². The summed E-state index contributed by atoms with van der Waals surface area (Å²) >= 11 is 0. The van der Waals surface area contributed by atoms with Crippen LogP contribution in [0.4, 0.5) is 39.4 Å². The molecule has 31 heavy (non-hydrogen) atoms. The number of amides is 1. The Labute approximate surface area is 174 Å². The van der Waals surface area contributed by atoms with Crippen LogP contribution in [-0.2, 0) is 11.0 Å². The number of rotatable bonds is 6. The second kappa shape index (κ2) is 8.90. The Morgan fingerprint density at radius 1 is 1.19 bits per heavy atom. The van der Waals surface area contributed by atoms with Crippen molar-refractivity contribution in [3.63, 3.8) is 0 Å². The summed E-state index contributed by atoms with van der Waals surface area (Å²) < 4.78 is 68.5. The molecule has 0 aliphatic carbocycles. The number of aromatic nitrogens is 2. The Kier molecular flexibility index (Phi) is 6.46. The number of benzene rings is 1. The molecule has 2 aromatic rings. The van der Waals surface area contributed by atoms with Crippen LogP contribution in [0.1, 0.15) is 18.5 Å². The highest BCUT2D eigenvalue weighted by atomic mass is 19.4. The van der Waals surface area contributed by atoms with E-state index >= 15 is 0 Å². The summed E-state index contributed by atoms with van der Waals surface area (Å²) in [4.78, 5) is 23.3. The first-order chi connectivity index (χ1) is 14.5. The van der Waals surface area contributed by atoms with E-state index in [1.165, 1.54) is 34.1 Å². The largest absolute Gasteiger partial charge is 0.435 e. The van der Waals surface area contributed by atoms with E-state index < -0.39 is 24.5 Å². The normalized spacial score (nSPS) is 17.1. The van der Waals surface area contributed by atoms with E-state index in [1.54, 1.807) is 14.1 Å². The van der Waals surface area contributed by atoms with Gasteiger partial charge in [0.05, 0.1) is 0 Å². The van der Waals surface area contributed by atoms with E-state index in [9.17, 15) is 26.7 Å². The number of carbonyl (C=O) groups is 1. The van der Waals surface area contributed by atoms with Crippen LogP contribution in [0, 0.1) is 0 Å². The highest BCUT2D eigenvalue weighted by molar-refractivity contribution is 5.99. The minimum atomic E-state index is -4.67. The van der Waals surface area contributed by atoms with Crippen molar-refractivity contribution in [3.8, 4) is 5.75 Å². The fraction of sp³-hybridized carbons (Fsp3) is 0.421. The average Bonchev–Trinajstić information content (AvgIpc) is 2.69. The van der Waals surface area contributed by atoms with Gasteiger partial charge in [-0.05, 0) is 37.1 Å². The van der Waals surface area contributed by atoms with Gasteiger partial charge in [0, 0.05) is 32.4 Å². The van der Waals surface area contributed by atoms with Gasteiger partial charge in [0.1, 0.15) is 17.6 Å². The lowest BCUT2D eigenvalue weighted by Crippen LogP contribution is -2.48. The molecule has 7 nitrogen and oxygen atoms in total. The number of alkyl halides is 5. The van der Waals surface area contributed by atoms with Crippen molar-refractivity contribution in [1.29, 1.82) is 0 Å².